The van der Waals surface area contributed by atoms with Crippen molar-refractivity contribution in [2.24, 2.45) is 11.7 Å². The predicted molar refractivity (Wildman–Crippen MR) is 125 cm³/mol. The molecule has 9 nitrogen and oxygen atoms in total. The Morgan fingerprint density at radius 1 is 1.19 bits per heavy atom. The van der Waals surface area contributed by atoms with Crippen LogP contribution in [-0.4, -0.2) is 58.7 Å². The smallest absolute Gasteiger partial charge is 0.327 e. The number of carbonyl (C=O) groups excluding carboxylic acids is 1. The maximum Gasteiger partial charge on any atom is 0.354 e. The van der Waals surface area contributed by atoms with Gasteiger partial charge in [0.15, 0.2) is 0 Å². The summed E-state index contributed by atoms with van der Waals surface area (Å²) >= 11 is 0. The van der Waals surface area contributed by atoms with E-state index in [9.17, 15) is 9.59 Å². The highest BCUT2D eigenvalue weighted by Gasteiger charge is 2.24. The number of hydrogen-bond donors (Lipinski definition) is 4. The molecule has 2 amide bonds. The van der Waals surface area contributed by atoms with Crippen molar-refractivity contribution in [1.82, 2.24) is 25.1 Å². The molecule has 1 aromatic carbocycles. The Morgan fingerprint density at radius 3 is 2.62 bits per heavy atom. The first-order valence-electron chi connectivity index (χ1n) is 11.4. The third-order valence-electron chi connectivity index (χ3n) is 6.49. The van der Waals surface area contributed by atoms with Crippen LogP contribution in [0.15, 0.2) is 41.3 Å². The van der Waals surface area contributed by atoms with Crippen molar-refractivity contribution in [3.63, 3.8) is 0 Å². The summed E-state index contributed by atoms with van der Waals surface area (Å²) in [5.74, 6) is 0.810. The van der Waals surface area contributed by atoms with Gasteiger partial charge in [-0.15, -0.1) is 0 Å². The van der Waals surface area contributed by atoms with Crippen LogP contribution in [0.3, 0.4) is 0 Å². The van der Waals surface area contributed by atoms with E-state index in [1.807, 2.05) is 24.3 Å². The minimum Gasteiger partial charge on any atom is -0.327 e. The summed E-state index contributed by atoms with van der Waals surface area (Å²) in [5.41, 5.74) is 7.59. The van der Waals surface area contributed by atoms with Crippen LogP contribution >= 0.6 is 0 Å². The first-order chi connectivity index (χ1) is 15.5. The van der Waals surface area contributed by atoms with E-state index in [0.717, 1.165) is 50.1 Å². The van der Waals surface area contributed by atoms with Crippen LogP contribution in [0.4, 0.5) is 10.6 Å². The Morgan fingerprint density at radius 2 is 1.94 bits per heavy atom. The van der Waals surface area contributed by atoms with Gasteiger partial charge in [-0.2, -0.15) is 4.98 Å². The number of nitrogens with two attached hydrogens (primary N) is 1. The molecule has 1 aromatic heterocycles. The SMILES string of the molecule is CC1C[C@@H](NCc2ccc(-n3ccc(NC(=O)N4CCNCC4)nc3=O)cc2)CC[C@@H]1N. The highest BCUT2D eigenvalue weighted by Crippen LogP contribution is 2.23. The summed E-state index contributed by atoms with van der Waals surface area (Å²) in [6.45, 7) is 5.82. The average Bonchev–Trinajstić information content (AvgIpc) is 2.81. The van der Waals surface area contributed by atoms with E-state index in [1.165, 1.54) is 4.57 Å². The van der Waals surface area contributed by atoms with E-state index in [4.69, 9.17) is 5.73 Å². The fraction of sp³-hybridized carbons (Fsp3) is 0.522. The molecular weight excluding hydrogens is 406 g/mol. The molecule has 1 aliphatic heterocycles. The van der Waals surface area contributed by atoms with Gasteiger partial charge in [0.2, 0.25) is 0 Å². The zero-order chi connectivity index (χ0) is 22.5. The van der Waals surface area contributed by atoms with E-state index in [-0.39, 0.29) is 11.8 Å². The zero-order valence-corrected chi connectivity index (χ0v) is 18.6. The lowest BCUT2D eigenvalue weighted by Gasteiger charge is -2.32. The Balaban J connectivity index is 1.34. The number of carbonyl (C=O) groups is 1. The molecule has 1 saturated carbocycles. The van der Waals surface area contributed by atoms with E-state index < -0.39 is 5.69 Å². The van der Waals surface area contributed by atoms with Crippen LogP contribution in [-0.2, 0) is 6.54 Å². The lowest BCUT2D eigenvalue weighted by Crippen LogP contribution is -2.48. The second-order valence-corrected chi connectivity index (χ2v) is 8.83. The molecule has 1 saturated heterocycles. The van der Waals surface area contributed by atoms with E-state index in [2.05, 4.69) is 27.9 Å². The molecule has 5 N–H and O–H groups in total. The Hall–Kier alpha value is -2.75. The molecule has 1 aliphatic carbocycles. The summed E-state index contributed by atoms with van der Waals surface area (Å²) in [7, 11) is 0. The van der Waals surface area contributed by atoms with Gasteiger partial charge in [-0.1, -0.05) is 19.1 Å². The van der Waals surface area contributed by atoms with Crippen LogP contribution < -0.4 is 27.4 Å². The minimum absolute atomic E-state index is 0.234. The molecule has 2 aliphatic rings. The van der Waals surface area contributed by atoms with E-state index in [0.29, 0.717) is 31.1 Å². The molecule has 172 valence electrons. The quantitative estimate of drug-likeness (QED) is 0.558. The van der Waals surface area contributed by atoms with Gasteiger partial charge in [-0.05, 0) is 48.9 Å². The van der Waals surface area contributed by atoms with Gasteiger partial charge in [0.1, 0.15) is 5.82 Å². The molecule has 2 heterocycles. The number of benzene rings is 1. The number of anilines is 1. The third-order valence-corrected chi connectivity index (χ3v) is 6.49. The fourth-order valence-corrected chi connectivity index (χ4v) is 4.37. The largest absolute Gasteiger partial charge is 0.354 e. The lowest BCUT2D eigenvalue weighted by molar-refractivity contribution is 0.204. The molecule has 3 atom stereocenters. The molecule has 2 aromatic rings. The van der Waals surface area contributed by atoms with Crippen LogP contribution in [0.2, 0.25) is 0 Å². The fourth-order valence-electron chi connectivity index (χ4n) is 4.37. The van der Waals surface area contributed by atoms with Crippen molar-refractivity contribution >= 4 is 11.8 Å². The topological polar surface area (TPSA) is 117 Å². The molecule has 0 spiro atoms. The van der Waals surface area contributed by atoms with E-state index >= 15 is 0 Å². The average molecular weight is 440 g/mol. The number of hydrogen-bond acceptors (Lipinski definition) is 6. The summed E-state index contributed by atoms with van der Waals surface area (Å²) in [4.78, 5) is 30.6. The lowest BCUT2D eigenvalue weighted by atomic mass is 9.83. The Labute approximate surface area is 188 Å². The summed E-state index contributed by atoms with van der Waals surface area (Å²) < 4.78 is 1.47. The standard InChI is InChI=1S/C23H33N7O2/c1-16-14-18(4-7-20(16)24)26-15-17-2-5-19(6-3-17)30-11-8-21(28-23(30)32)27-22(31)29-12-9-25-10-13-29/h2-3,5-6,8,11,16,18,20,25-26H,4,7,9-10,12-15,24H2,1H3,(H,27,28,31,32)/t16?,18-,20-/m0/s1. The molecule has 4 rings (SSSR count). The number of piperazine rings is 1. The van der Waals surface area contributed by atoms with Crippen molar-refractivity contribution in [3.05, 3.63) is 52.6 Å². The van der Waals surface area contributed by atoms with Crippen LogP contribution in [0.1, 0.15) is 31.7 Å². The molecule has 0 bridgehead atoms. The molecule has 2 fully saturated rings. The number of nitrogens with zero attached hydrogens (tertiary/aromatic N) is 3. The highest BCUT2D eigenvalue weighted by molar-refractivity contribution is 5.88. The van der Waals surface area contributed by atoms with Crippen LogP contribution in [0.25, 0.3) is 5.69 Å². The Kier molecular flexibility index (Phi) is 7.19. The van der Waals surface area contributed by atoms with Crippen molar-refractivity contribution in [1.29, 1.82) is 0 Å². The predicted octanol–water partition coefficient (Wildman–Crippen LogP) is 1.28. The molecular formula is C23H33N7O2. The Bertz CT molecular complexity index is 969. The summed E-state index contributed by atoms with van der Waals surface area (Å²) in [6, 6.07) is 10.1. The van der Waals surface area contributed by atoms with Crippen molar-refractivity contribution in [2.75, 3.05) is 31.5 Å². The zero-order valence-electron chi connectivity index (χ0n) is 18.6. The van der Waals surface area contributed by atoms with Crippen molar-refractivity contribution in [2.45, 2.75) is 44.8 Å². The number of urea groups is 1. The normalized spacial score (nSPS) is 23.7. The van der Waals surface area contributed by atoms with Gasteiger partial charge in [-0.3, -0.25) is 9.88 Å². The number of aromatic nitrogens is 2. The van der Waals surface area contributed by atoms with Gasteiger partial charge in [-0.25, -0.2) is 9.59 Å². The van der Waals surface area contributed by atoms with Gasteiger partial charge < -0.3 is 21.3 Å². The molecule has 9 heteroatoms. The van der Waals surface area contributed by atoms with E-state index in [1.54, 1.807) is 17.2 Å². The molecule has 1 unspecified atom stereocenters. The summed E-state index contributed by atoms with van der Waals surface area (Å²) in [5, 5.41) is 9.54. The van der Waals surface area contributed by atoms with Crippen LogP contribution in [0.5, 0.6) is 0 Å². The van der Waals surface area contributed by atoms with Gasteiger partial charge in [0, 0.05) is 51.0 Å². The van der Waals surface area contributed by atoms with Gasteiger partial charge in [0.25, 0.3) is 0 Å². The minimum atomic E-state index is -0.429. The summed E-state index contributed by atoms with van der Waals surface area (Å²) in [6.07, 6.45) is 4.93. The highest BCUT2D eigenvalue weighted by atomic mass is 16.2. The first-order valence-corrected chi connectivity index (χ1v) is 11.4. The number of amides is 2. The monoisotopic (exact) mass is 439 g/mol. The number of rotatable bonds is 5. The third kappa shape index (κ3) is 5.53. The van der Waals surface area contributed by atoms with Gasteiger partial charge >= 0.3 is 11.7 Å². The second kappa shape index (κ2) is 10.2. The number of nitrogens with one attached hydrogen (secondary N) is 3. The molecule has 0 radical (unpaired) electrons. The van der Waals surface area contributed by atoms with Crippen LogP contribution in [0, 0.1) is 5.92 Å². The first kappa shape index (κ1) is 22.4. The van der Waals surface area contributed by atoms with Gasteiger partial charge in [0.05, 0.1) is 5.69 Å². The second-order valence-electron chi connectivity index (χ2n) is 8.83. The molecule has 32 heavy (non-hydrogen) atoms. The van der Waals surface area contributed by atoms with Crippen molar-refractivity contribution in [3.8, 4) is 5.69 Å². The maximum atomic E-state index is 12.5. The van der Waals surface area contributed by atoms with Crippen molar-refractivity contribution < 1.29 is 4.79 Å². The maximum absolute atomic E-state index is 12.5.